The van der Waals surface area contributed by atoms with Gasteiger partial charge in [-0.25, -0.2) is 0 Å². The highest BCUT2D eigenvalue weighted by atomic mass is 32.1. The lowest BCUT2D eigenvalue weighted by atomic mass is 10.1. The first-order valence-corrected chi connectivity index (χ1v) is 8.02. The minimum Gasteiger partial charge on any atom is -0.351 e. The summed E-state index contributed by atoms with van der Waals surface area (Å²) in [6.45, 7) is 2.33. The highest BCUT2D eigenvalue weighted by molar-refractivity contribution is 7.81. The molecule has 0 aliphatic carbocycles. The van der Waals surface area contributed by atoms with Crippen molar-refractivity contribution in [1.82, 2.24) is 10.2 Å². The molecule has 20 heavy (non-hydrogen) atoms. The van der Waals surface area contributed by atoms with Crippen LogP contribution in [0.25, 0.3) is 0 Å². The number of carbonyl (C=O) groups is 1. The van der Waals surface area contributed by atoms with E-state index < -0.39 is 0 Å². The van der Waals surface area contributed by atoms with E-state index in [2.05, 4.69) is 22.8 Å². The number of nitrogens with one attached hydrogen (secondary N) is 1. The van der Waals surface area contributed by atoms with Crippen molar-refractivity contribution >= 4 is 18.5 Å². The number of nitrogens with zero attached hydrogens (tertiary/aromatic N) is 1. The summed E-state index contributed by atoms with van der Waals surface area (Å²) in [6.07, 6.45) is 4.27. The lowest BCUT2D eigenvalue weighted by molar-refractivity contribution is -0.121. The van der Waals surface area contributed by atoms with Crippen molar-refractivity contribution in [3.63, 3.8) is 0 Å². The lowest BCUT2D eigenvalue weighted by Gasteiger charge is -2.22. The zero-order valence-electron chi connectivity index (χ0n) is 11.7. The molecular formula is C16H22N2OS. The van der Waals surface area contributed by atoms with Gasteiger partial charge in [0.2, 0.25) is 5.91 Å². The maximum absolute atomic E-state index is 12.3. The molecule has 2 fully saturated rings. The Kier molecular flexibility index (Phi) is 4.32. The number of thiol groups is 1. The van der Waals surface area contributed by atoms with Crippen LogP contribution in [-0.4, -0.2) is 41.2 Å². The number of hydrogen-bond acceptors (Lipinski definition) is 3. The fraction of sp³-hybridized carbons (Fsp3) is 0.562. The van der Waals surface area contributed by atoms with Gasteiger partial charge < -0.3 is 5.32 Å². The standard InChI is InChI=1S/C16H22N2OS/c19-16(15(20)11-12-5-2-1-3-6-12)17-13-8-10-18-9-4-7-14(13)18/h1-3,5-6,13-15,20H,4,7-11H2,(H,17,19). The number of carbonyl (C=O) groups excluding carboxylic acids is 1. The molecule has 0 radical (unpaired) electrons. The Morgan fingerprint density at radius 1 is 1.30 bits per heavy atom. The van der Waals surface area contributed by atoms with Crippen LogP contribution in [0.3, 0.4) is 0 Å². The van der Waals surface area contributed by atoms with E-state index in [9.17, 15) is 4.79 Å². The summed E-state index contributed by atoms with van der Waals surface area (Å²) in [4.78, 5) is 14.8. The monoisotopic (exact) mass is 290 g/mol. The van der Waals surface area contributed by atoms with Gasteiger partial charge in [-0.3, -0.25) is 9.69 Å². The normalized spacial score (nSPS) is 27.2. The van der Waals surface area contributed by atoms with Crippen molar-refractivity contribution in [1.29, 1.82) is 0 Å². The molecule has 0 spiro atoms. The molecule has 108 valence electrons. The third kappa shape index (κ3) is 3.01. The minimum atomic E-state index is -0.257. The first-order valence-electron chi connectivity index (χ1n) is 7.50. The van der Waals surface area contributed by atoms with Gasteiger partial charge in [-0.05, 0) is 37.8 Å². The molecule has 0 saturated carbocycles. The van der Waals surface area contributed by atoms with Crippen LogP contribution in [0, 0.1) is 0 Å². The van der Waals surface area contributed by atoms with E-state index in [0.717, 1.165) is 18.5 Å². The molecule has 3 unspecified atom stereocenters. The van der Waals surface area contributed by atoms with Crippen LogP contribution in [0.15, 0.2) is 30.3 Å². The third-order valence-corrected chi connectivity index (χ3v) is 4.93. The fourth-order valence-corrected chi connectivity index (χ4v) is 3.75. The Bertz CT molecular complexity index is 465. The second-order valence-electron chi connectivity index (χ2n) is 5.85. The van der Waals surface area contributed by atoms with Crippen molar-refractivity contribution in [2.45, 2.75) is 43.0 Å². The topological polar surface area (TPSA) is 32.3 Å². The molecule has 3 nitrogen and oxygen atoms in total. The van der Waals surface area contributed by atoms with E-state index in [1.165, 1.54) is 19.4 Å². The van der Waals surface area contributed by atoms with Crippen LogP contribution < -0.4 is 5.32 Å². The molecule has 4 heteroatoms. The number of amides is 1. The molecule has 1 aromatic carbocycles. The molecular weight excluding hydrogens is 268 g/mol. The van der Waals surface area contributed by atoms with Gasteiger partial charge in [-0.15, -0.1) is 0 Å². The van der Waals surface area contributed by atoms with Gasteiger partial charge in [0, 0.05) is 18.6 Å². The largest absolute Gasteiger partial charge is 0.351 e. The van der Waals surface area contributed by atoms with Crippen LogP contribution in [0.4, 0.5) is 0 Å². The lowest BCUT2D eigenvalue weighted by Crippen LogP contribution is -2.45. The van der Waals surface area contributed by atoms with Crippen molar-refractivity contribution in [2.75, 3.05) is 13.1 Å². The van der Waals surface area contributed by atoms with Crippen LogP contribution >= 0.6 is 12.6 Å². The molecule has 1 N–H and O–H groups in total. The van der Waals surface area contributed by atoms with Gasteiger partial charge in [-0.1, -0.05) is 30.3 Å². The Balaban J connectivity index is 1.54. The third-order valence-electron chi connectivity index (χ3n) is 4.51. The van der Waals surface area contributed by atoms with E-state index in [0.29, 0.717) is 18.5 Å². The van der Waals surface area contributed by atoms with Crippen molar-refractivity contribution in [3.05, 3.63) is 35.9 Å². The molecule has 0 bridgehead atoms. The predicted molar refractivity (Wildman–Crippen MR) is 84.1 cm³/mol. The number of hydrogen-bond donors (Lipinski definition) is 2. The molecule has 3 atom stereocenters. The highest BCUT2D eigenvalue weighted by Crippen LogP contribution is 2.28. The number of benzene rings is 1. The molecule has 2 aliphatic rings. The van der Waals surface area contributed by atoms with E-state index >= 15 is 0 Å². The summed E-state index contributed by atoms with van der Waals surface area (Å²) in [6, 6.07) is 11.0. The van der Waals surface area contributed by atoms with Crippen molar-refractivity contribution < 1.29 is 4.79 Å². The first kappa shape index (κ1) is 14.0. The second kappa shape index (κ2) is 6.19. The molecule has 2 heterocycles. The summed E-state index contributed by atoms with van der Waals surface area (Å²) < 4.78 is 0. The van der Waals surface area contributed by atoms with Crippen LogP contribution in [-0.2, 0) is 11.2 Å². The van der Waals surface area contributed by atoms with Gasteiger partial charge in [-0.2, -0.15) is 12.6 Å². The molecule has 1 amide bonds. The van der Waals surface area contributed by atoms with Gasteiger partial charge >= 0.3 is 0 Å². The Hall–Kier alpha value is -1.00. The maximum atomic E-state index is 12.3. The highest BCUT2D eigenvalue weighted by Gasteiger charge is 2.38. The zero-order chi connectivity index (χ0) is 13.9. The Morgan fingerprint density at radius 2 is 2.10 bits per heavy atom. The van der Waals surface area contributed by atoms with E-state index in [1.54, 1.807) is 0 Å². The maximum Gasteiger partial charge on any atom is 0.233 e. The predicted octanol–water partition coefficient (Wildman–Crippen LogP) is 1.88. The average molecular weight is 290 g/mol. The zero-order valence-corrected chi connectivity index (χ0v) is 12.6. The molecule has 2 aliphatic heterocycles. The van der Waals surface area contributed by atoms with Gasteiger partial charge in [0.15, 0.2) is 0 Å². The molecule has 3 rings (SSSR count). The summed E-state index contributed by atoms with van der Waals surface area (Å²) in [5, 5.41) is 2.96. The van der Waals surface area contributed by atoms with E-state index in [-0.39, 0.29) is 11.2 Å². The minimum absolute atomic E-state index is 0.0796. The number of rotatable bonds is 4. The van der Waals surface area contributed by atoms with Crippen molar-refractivity contribution in [3.8, 4) is 0 Å². The average Bonchev–Trinajstić information content (AvgIpc) is 3.05. The Labute approximate surface area is 126 Å². The van der Waals surface area contributed by atoms with Crippen LogP contribution in [0.2, 0.25) is 0 Å². The summed E-state index contributed by atoms with van der Waals surface area (Å²) >= 11 is 4.48. The fourth-order valence-electron chi connectivity index (χ4n) is 3.46. The van der Waals surface area contributed by atoms with Gasteiger partial charge in [0.25, 0.3) is 0 Å². The van der Waals surface area contributed by atoms with Gasteiger partial charge in [0.1, 0.15) is 0 Å². The van der Waals surface area contributed by atoms with E-state index in [4.69, 9.17) is 0 Å². The van der Waals surface area contributed by atoms with Crippen LogP contribution in [0.1, 0.15) is 24.8 Å². The van der Waals surface area contributed by atoms with E-state index in [1.807, 2.05) is 30.3 Å². The molecule has 1 aromatic rings. The molecule has 0 aromatic heterocycles. The summed E-state index contributed by atoms with van der Waals surface area (Å²) in [5.74, 6) is 0.0796. The summed E-state index contributed by atoms with van der Waals surface area (Å²) in [7, 11) is 0. The molecule has 2 saturated heterocycles. The number of fused-ring (bicyclic) bond motifs is 1. The SMILES string of the molecule is O=C(NC1CCN2CCCC12)C(S)Cc1ccccc1. The van der Waals surface area contributed by atoms with Crippen LogP contribution in [0.5, 0.6) is 0 Å². The first-order chi connectivity index (χ1) is 9.74. The Morgan fingerprint density at radius 3 is 2.90 bits per heavy atom. The van der Waals surface area contributed by atoms with Crippen molar-refractivity contribution in [2.24, 2.45) is 0 Å². The summed E-state index contributed by atoms with van der Waals surface area (Å²) in [5.41, 5.74) is 1.16. The quantitative estimate of drug-likeness (QED) is 0.830. The second-order valence-corrected chi connectivity index (χ2v) is 6.48. The van der Waals surface area contributed by atoms with Gasteiger partial charge in [0.05, 0.1) is 5.25 Å². The smallest absolute Gasteiger partial charge is 0.233 e.